The standard InChI is InChI=1S/C65H126NO8P/c1-3-5-7-9-11-13-15-17-19-21-23-25-27-29-30-31-32-34-36-38-40-42-44-46-48-50-52-54-56-58-65(68)74-63(62-73-75(69,70)72-60-59-66)61-71-64(67)57-55-53-51-49-47-45-43-41-39-37-35-33-28-26-24-22-20-18-16-14-12-10-8-6-4-2/h15,17,21,23,63H,3-14,16,18-20,22,24-62,66H2,1-2H3,(H,69,70)/b17-15-,23-21-. The molecule has 9 nitrogen and oxygen atoms in total. The number of hydrogen-bond acceptors (Lipinski definition) is 8. The normalized spacial score (nSPS) is 13.1. The molecular weight excluding hydrogens is 954 g/mol. The summed E-state index contributed by atoms with van der Waals surface area (Å²) in [5.74, 6) is -0.804. The van der Waals surface area contributed by atoms with Crippen LogP contribution in [0.15, 0.2) is 24.3 Å². The maximum Gasteiger partial charge on any atom is 0.472 e. The Hall–Kier alpha value is -1.51. The smallest absolute Gasteiger partial charge is 0.462 e. The zero-order valence-corrected chi connectivity index (χ0v) is 50.7. The molecule has 0 bridgehead atoms. The number of nitrogens with two attached hydrogens (primary N) is 1. The number of hydrogen-bond donors (Lipinski definition) is 2. The first-order valence-corrected chi connectivity index (χ1v) is 34.3. The van der Waals surface area contributed by atoms with E-state index in [1.807, 2.05) is 0 Å². The Morgan fingerprint density at radius 3 is 1.01 bits per heavy atom. The molecule has 3 N–H and O–H groups in total. The summed E-state index contributed by atoms with van der Waals surface area (Å²) in [6, 6.07) is 0. The largest absolute Gasteiger partial charge is 0.472 e. The van der Waals surface area contributed by atoms with Crippen LogP contribution in [0.1, 0.15) is 348 Å². The molecule has 444 valence electrons. The quantitative estimate of drug-likeness (QED) is 0.0264. The molecule has 0 spiro atoms. The first kappa shape index (κ1) is 73.5. The fourth-order valence-electron chi connectivity index (χ4n) is 9.97. The number of phosphoric ester groups is 1. The molecule has 0 aliphatic rings. The Labute approximate surface area is 465 Å². The monoisotopic (exact) mass is 1080 g/mol. The van der Waals surface area contributed by atoms with E-state index in [0.717, 1.165) is 38.5 Å². The van der Waals surface area contributed by atoms with Crippen molar-refractivity contribution in [3.05, 3.63) is 24.3 Å². The third-order valence-corrected chi connectivity index (χ3v) is 15.8. The van der Waals surface area contributed by atoms with Crippen LogP contribution in [-0.4, -0.2) is 49.3 Å². The number of allylic oxidation sites excluding steroid dienone is 4. The van der Waals surface area contributed by atoms with Crippen molar-refractivity contribution in [1.29, 1.82) is 0 Å². The lowest BCUT2D eigenvalue weighted by Gasteiger charge is -2.19. The summed E-state index contributed by atoms with van der Waals surface area (Å²) in [7, 11) is -4.39. The van der Waals surface area contributed by atoms with Crippen molar-refractivity contribution in [2.75, 3.05) is 26.4 Å². The summed E-state index contributed by atoms with van der Waals surface area (Å²) < 4.78 is 33.1. The number of esters is 2. The highest BCUT2D eigenvalue weighted by Crippen LogP contribution is 2.43. The molecule has 0 aliphatic carbocycles. The van der Waals surface area contributed by atoms with Gasteiger partial charge in [-0.2, -0.15) is 0 Å². The number of unbranched alkanes of at least 4 members (excludes halogenated alkanes) is 46. The number of rotatable bonds is 63. The van der Waals surface area contributed by atoms with Crippen LogP contribution in [0.5, 0.6) is 0 Å². The van der Waals surface area contributed by atoms with Crippen molar-refractivity contribution in [2.24, 2.45) is 5.73 Å². The third kappa shape index (κ3) is 61.6. The molecule has 0 amide bonds. The molecule has 10 heteroatoms. The lowest BCUT2D eigenvalue weighted by atomic mass is 10.0. The molecule has 2 unspecified atom stereocenters. The van der Waals surface area contributed by atoms with Gasteiger partial charge in [0.25, 0.3) is 0 Å². The second kappa shape index (κ2) is 61.7. The van der Waals surface area contributed by atoms with Gasteiger partial charge < -0.3 is 20.1 Å². The Morgan fingerprint density at radius 2 is 0.693 bits per heavy atom. The summed E-state index contributed by atoms with van der Waals surface area (Å²) >= 11 is 0. The van der Waals surface area contributed by atoms with E-state index in [4.69, 9.17) is 24.3 Å². The van der Waals surface area contributed by atoms with E-state index in [2.05, 4.69) is 38.2 Å². The van der Waals surface area contributed by atoms with Crippen LogP contribution in [0.25, 0.3) is 0 Å². The maximum atomic E-state index is 12.7. The molecule has 0 radical (unpaired) electrons. The summed E-state index contributed by atoms with van der Waals surface area (Å²) in [4.78, 5) is 35.3. The molecule has 0 heterocycles. The molecular formula is C65H126NO8P. The zero-order chi connectivity index (χ0) is 54.5. The number of carbonyl (C=O) groups excluding carboxylic acids is 2. The summed E-state index contributed by atoms with van der Waals surface area (Å²) in [6.45, 7) is 3.81. The average Bonchev–Trinajstić information content (AvgIpc) is 3.40. The van der Waals surface area contributed by atoms with E-state index in [0.29, 0.717) is 6.42 Å². The Balaban J connectivity index is 3.86. The van der Waals surface area contributed by atoms with Gasteiger partial charge in [-0.3, -0.25) is 18.6 Å². The summed E-state index contributed by atoms with van der Waals surface area (Å²) in [6.07, 6.45) is 74.0. The van der Waals surface area contributed by atoms with Gasteiger partial charge in [-0.05, 0) is 44.9 Å². The molecule has 0 aromatic rings. The predicted molar refractivity (Wildman–Crippen MR) is 321 cm³/mol. The van der Waals surface area contributed by atoms with Crippen LogP contribution >= 0.6 is 7.82 Å². The molecule has 0 fully saturated rings. The van der Waals surface area contributed by atoms with Crippen LogP contribution in [0.2, 0.25) is 0 Å². The van der Waals surface area contributed by atoms with Crippen molar-refractivity contribution >= 4 is 19.8 Å². The van der Waals surface area contributed by atoms with E-state index < -0.39 is 26.5 Å². The average molecular weight is 1080 g/mol. The van der Waals surface area contributed by atoms with E-state index in [1.165, 1.54) is 276 Å². The van der Waals surface area contributed by atoms with Gasteiger partial charge in [-0.1, -0.05) is 314 Å². The Morgan fingerprint density at radius 1 is 0.400 bits per heavy atom. The van der Waals surface area contributed by atoms with Crippen LogP contribution in [0, 0.1) is 0 Å². The molecule has 0 rings (SSSR count). The highest BCUT2D eigenvalue weighted by Gasteiger charge is 2.26. The van der Waals surface area contributed by atoms with Crippen LogP contribution in [-0.2, 0) is 32.7 Å². The fourth-order valence-corrected chi connectivity index (χ4v) is 10.7. The van der Waals surface area contributed by atoms with Gasteiger partial charge in [0.2, 0.25) is 0 Å². The molecule has 0 aromatic carbocycles. The summed E-state index contributed by atoms with van der Waals surface area (Å²) in [5.41, 5.74) is 5.40. The van der Waals surface area contributed by atoms with Gasteiger partial charge >= 0.3 is 19.8 Å². The maximum absolute atomic E-state index is 12.7. The van der Waals surface area contributed by atoms with Gasteiger partial charge in [0.05, 0.1) is 13.2 Å². The van der Waals surface area contributed by atoms with Crippen molar-refractivity contribution in [3.63, 3.8) is 0 Å². The molecule has 2 atom stereocenters. The highest BCUT2D eigenvalue weighted by molar-refractivity contribution is 7.47. The van der Waals surface area contributed by atoms with Gasteiger partial charge in [-0.15, -0.1) is 0 Å². The molecule has 75 heavy (non-hydrogen) atoms. The van der Waals surface area contributed by atoms with Crippen LogP contribution < -0.4 is 5.73 Å². The molecule has 0 saturated heterocycles. The fraction of sp³-hybridized carbons (Fsp3) is 0.908. The van der Waals surface area contributed by atoms with E-state index in [9.17, 15) is 19.0 Å². The van der Waals surface area contributed by atoms with Crippen molar-refractivity contribution in [2.45, 2.75) is 354 Å². The van der Waals surface area contributed by atoms with Gasteiger partial charge in [0.1, 0.15) is 6.61 Å². The highest BCUT2D eigenvalue weighted by atomic mass is 31.2. The summed E-state index contributed by atoms with van der Waals surface area (Å²) in [5, 5.41) is 0. The van der Waals surface area contributed by atoms with Gasteiger partial charge in [0.15, 0.2) is 6.10 Å². The lowest BCUT2D eigenvalue weighted by Crippen LogP contribution is -2.29. The lowest BCUT2D eigenvalue weighted by molar-refractivity contribution is -0.161. The van der Waals surface area contributed by atoms with Gasteiger partial charge in [0, 0.05) is 19.4 Å². The SMILES string of the molecule is CCCCCCC/C=C\C/C=C\CCCCCCCCCCCCCCCCCCCC(=O)OC(COC(=O)CCCCCCCCCCCCCCCCCCCCCCCCCCC)COP(=O)(O)OCCN. The predicted octanol–water partition coefficient (Wildman–Crippen LogP) is 21.0. The Kier molecular flexibility index (Phi) is 60.5. The minimum atomic E-state index is -4.39. The van der Waals surface area contributed by atoms with E-state index in [1.54, 1.807) is 0 Å². The van der Waals surface area contributed by atoms with E-state index >= 15 is 0 Å². The zero-order valence-electron chi connectivity index (χ0n) is 49.8. The molecule has 0 aromatic heterocycles. The van der Waals surface area contributed by atoms with Crippen molar-refractivity contribution < 1.29 is 37.6 Å². The first-order chi connectivity index (χ1) is 36.8. The topological polar surface area (TPSA) is 134 Å². The first-order valence-electron chi connectivity index (χ1n) is 32.8. The van der Waals surface area contributed by atoms with Crippen LogP contribution in [0.3, 0.4) is 0 Å². The van der Waals surface area contributed by atoms with Crippen molar-refractivity contribution in [1.82, 2.24) is 0 Å². The van der Waals surface area contributed by atoms with E-state index in [-0.39, 0.29) is 38.6 Å². The molecule has 0 saturated carbocycles. The minimum Gasteiger partial charge on any atom is -0.462 e. The second-order valence-corrected chi connectivity index (χ2v) is 23.8. The number of carbonyl (C=O) groups is 2. The second-order valence-electron chi connectivity index (χ2n) is 22.3. The van der Waals surface area contributed by atoms with Crippen molar-refractivity contribution in [3.8, 4) is 0 Å². The molecule has 0 aliphatic heterocycles. The van der Waals surface area contributed by atoms with Crippen LogP contribution in [0.4, 0.5) is 0 Å². The van der Waals surface area contributed by atoms with Gasteiger partial charge in [-0.25, -0.2) is 4.57 Å². The third-order valence-electron chi connectivity index (χ3n) is 14.8. The number of ether oxygens (including phenoxy) is 2. The Bertz CT molecular complexity index is 1280. The minimum absolute atomic E-state index is 0.0567. The number of phosphoric acid groups is 1.